The summed E-state index contributed by atoms with van der Waals surface area (Å²) in [7, 11) is 0. The molecule has 0 bridgehead atoms. The number of hydrogen-bond donors (Lipinski definition) is 1. The largest absolute Gasteiger partial charge is 0.449 e. The molecule has 0 aliphatic heterocycles. The number of nitrogens with one attached hydrogen (secondary N) is 1. The fraction of sp³-hybridized carbons (Fsp3) is 0.375. The van der Waals surface area contributed by atoms with Crippen molar-refractivity contribution in [1.82, 2.24) is 5.32 Å². The van der Waals surface area contributed by atoms with Crippen molar-refractivity contribution in [2.45, 2.75) is 39.8 Å². The first-order chi connectivity index (χ1) is 9.52. The lowest BCUT2D eigenvalue weighted by Gasteiger charge is -2.12. The minimum atomic E-state index is -0.797. The number of carbonyl (C=O) groups is 2. The van der Waals surface area contributed by atoms with Crippen molar-refractivity contribution in [2.24, 2.45) is 0 Å². The molecule has 0 saturated carbocycles. The van der Waals surface area contributed by atoms with Crippen molar-refractivity contribution in [1.29, 1.82) is 0 Å². The molecule has 0 spiro atoms. The number of carbonyl (C=O) groups excluding carboxylic acids is 2. The maximum atomic E-state index is 11.8. The molecule has 1 atom stereocenters. The van der Waals surface area contributed by atoms with Crippen LogP contribution in [0.3, 0.4) is 0 Å². The van der Waals surface area contributed by atoms with Gasteiger partial charge in [0.2, 0.25) is 0 Å². The second-order valence-corrected chi connectivity index (χ2v) is 4.59. The van der Waals surface area contributed by atoms with Crippen molar-refractivity contribution in [3.63, 3.8) is 0 Å². The summed E-state index contributed by atoms with van der Waals surface area (Å²) in [6.45, 7) is 5.91. The fourth-order valence-electron chi connectivity index (χ4n) is 1.52. The van der Waals surface area contributed by atoms with Crippen LogP contribution in [-0.2, 0) is 20.9 Å². The highest BCUT2D eigenvalue weighted by Gasteiger charge is 2.15. The number of esters is 1. The first-order valence-electron chi connectivity index (χ1n) is 6.73. The number of benzene rings is 1. The molecule has 0 fully saturated rings. The highest BCUT2D eigenvalue weighted by molar-refractivity contribution is 5.87. The van der Waals surface area contributed by atoms with Crippen LogP contribution < -0.4 is 5.32 Å². The Bertz CT molecular complexity index is 477. The Kier molecular flexibility index (Phi) is 6.50. The van der Waals surface area contributed by atoms with Gasteiger partial charge >= 0.3 is 5.97 Å². The Morgan fingerprint density at radius 2 is 1.95 bits per heavy atom. The van der Waals surface area contributed by atoms with E-state index in [1.807, 2.05) is 38.1 Å². The molecule has 0 aliphatic rings. The molecule has 20 heavy (non-hydrogen) atoms. The third-order valence-electron chi connectivity index (χ3n) is 2.74. The van der Waals surface area contributed by atoms with Gasteiger partial charge in [-0.25, -0.2) is 4.79 Å². The molecule has 108 valence electrons. The van der Waals surface area contributed by atoms with Crippen molar-refractivity contribution in [2.75, 3.05) is 0 Å². The number of aryl methyl sites for hydroxylation is 1. The smallest absolute Gasteiger partial charge is 0.331 e. The summed E-state index contributed by atoms with van der Waals surface area (Å²) in [5.74, 6) is -0.798. The van der Waals surface area contributed by atoms with Gasteiger partial charge in [-0.1, -0.05) is 42.8 Å². The van der Waals surface area contributed by atoms with Crippen molar-refractivity contribution >= 4 is 11.9 Å². The van der Waals surface area contributed by atoms with Gasteiger partial charge in [0.25, 0.3) is 5.91 Å². The van der Waals surface area contributed by atoms with Gasteiger partial charge < -0.3 is 10.1 Å². The van der Waals surface area contributed by atoms with Crippen LogP contribution in [0.25, 0.3) is 0 Å². The van der Waals surface area contributed by atoms with Crippen LogP contribution in [0.1, 0.15) is 31.4 Å². The van der Waals surface area contributed by atoms with E-state index < -0.39 is 12.1 Å². The highest BCUT2D eigenvalue weighted by atomic mass is 16.5. The molecule has 0 unspecified atom stereocenters. The van der Waals surface area contributed by atoms with E-state index in [1.54, 1.807) is 13.0 Å². The van der Waals surface area contributed by atoms with Gasteiger partial charge in [0.05, 0.1) is 0 Å². The maximum Gasteiger partial charge on any atom is 0.331 e. The van der Waals surface area contributed by atoms with Gasteiger partial charge in [-0.2, -0.15) is 0 Å². The van der Waals surface area contributed by atoms with Crippen LogP contribution in [0.15, 0.2) is 36.4 Å². The zero-order valence-corrected chi connectivity index (χ0v) is 12.2. The molecule has 1 aromatic rings. The summed E-state index contributed by atoms with van der Waals surface area (Å²) in [4.78, 5) is 23.1. The van der Waals surface area contributed by atoms with Crippen LogP contribution in [-0.4, -0.2) is 18.0 Å². The summed E-state index contributed by atoms with van der Waals surface area (Å²) in [5, 5.41) is 2.74. The highest BCUT2D eigenvalue weighted by Crippen LogP contribution is 2.03. The van der Waals surface area contributed by atoms with E-state index in [4.69, 9.17) is 4.74 Å². The number of ether oxygens (including phenoxy) is 1. The standard InChI is InChI=1S/C16H21NO3/c1-4-5-6-15(18)20-13(3)16(19)17-11-14-9-7-12(2)8-10-14/h5-10,13H,4,11H2,1-3H3,(H,17,19)/b6-5+/t13-/m1/s1. The van der Waals surface area contributed by atoms with Crippen molar-refractivity contribution in [3.05, 3.63) is 47.5 Å². The molecular formula is C16H21NO3. The van der Waals surface area contributed by atoms with E-state index in [-0.39, 0.29) is 5.91 Å². The van der Waals surface area contributed by atoms with Crippen LogP contribution in [0.4, 0.5) is 0 Å². The topological polar surface area (TPSA) is 55.4 Å². The van der Waals surface area contributed by atoms with Gasteiger partial charge in [-0.05, 0) is 25.8 Å². The lowest BCUT2D eigenvalue weighted by Crippen LogP contribution is -2.35. The maximum absolute atomic E-state index is 11.8. The molecule has 0 saturated heterocycles. The molecule has 0 radical (unpaired) electrons. The molecule has 1 rings (SSSR count). The van der Waals surface area contributed by atoms with E-state index in [2.05, 4.69) is 5.32 Å². The monoisotopic (exact) mass is 275 g/mol. The summed E-state index contributed by atoms with van der Waals surface area (Å²) < 4.78 is 4.98. The Morgan fingerprint density at radius 1 is 1.30 bits per heavy atom. The van der Waals surface area contributed by atoms with Crippen LogP contribution in [0, 0.1) is 6.92 Å². The average Bonchev–Trinajstić information content (AvgIpc) is 2.44. The summed E-state index contributed by atoms with van der Waals surface area (Å²) in [6, 6.07) is 7.88. The average molecular weight is 275 g/mol. The summed E-state index contributed by atoms with van der Waals surface area (Å²) in [5.41, 5.74) is 2.18. The number of hydrogen-bond acceptors (Lipinski definition) is 3. The number of rotatable bonds is 6. The molecule has 0 heterocycles. The van der Waals surface area contributed by atoms with E-state index in [0.29, 0.717) is 6.54 Å². The molecule has 0 aliphatic carbocycles. The molecule has 4 nitrogen and oxygen atoms in total. The van der Waals surface area contributed by atoms with E-state index in [1.165, 1.54) is 11.6 Å². The summed E-state index contributed by atoms with van der Waals surface area (Å²) >= 11 is 0. The van der Waals surface area contributed by atoms with Gasteiger partial charge in [-0.15, -0.1) is 0 Å². The molecule has 1 N–H and O–H groups in total. The third kappa shape index (κ3) is 5.69. The predicted molar refractivity (Wildman–Crippen MR) is 78.0 cm³/mol. The Morgan fingerprint density at radius 3 is 2.55 bits per heavy atom. The zero-order chi connectivity index (χ0) is 15.0. The lowest BCUT2D eigenvalue weighted by molar-refractivity contribution is -0.150. The summed E-state index contributed by atoms with van der Waals surface area (Å²) in [6.07, 6.45) is 2.99. The van der Waals surface area contributed by atoms with Crippen LogP contribution in [0.5, 0.6) is 0 Å². The number of allylic oxidation sites excluding steroid dienone is 1. The SMILES string of the molecule is CC/C=C/C(=O)O[C@H](C)C(=O)NCc1ccc(C)cc1. The molecular weight excluding hydrogens is 254 g/mol. The minimum absolute atomic E-state index is 0.302. The minimum Gasteiger partial charge on any atom is -0.449 e. The van der Waals surface area contributed by atoms with E-state index in [0.717, 1.165) is 12.0 Å². The predicted octanol–water partition coefficient (Wildman–Crippen LogP) is 2.51. The van der Waals surface area contributed by atoms with Gasteiger partial charge in [0, 0.05) is 12.6 Å². The van der Waals surface area contributed by atoms with Gasteiger partial charge in [-0.3, -0.25) is 4.79 Å². The Labute approximate surface area is 119 Å². The molecule has 0 aromatic heterocycles. The normalized spacial score (nSPS) is 12.2. The third-order valence-corrected chi connectivity index (χ3v) is 2.74. The zero-order valence-electron chi connectivity index (χ0n) is 12.2. The fourth-order valence-corrected chi connectivity index (χ4v) is 1.52. The van der Waals surface area contributed by atoms with Crippen molar-refractivity contribution in [3.8, 4) is 0 Å². The molecule has 1 aromatic carbocycles. The van der Waals surface area contributed by atoms with E-state index >= 15 is 0 Å². The van der Waals surface area contributed by atoms with Gasteiger partial charge in [0.15, 0.2) is 6.10 Å². The molecule has 4 heteroatoms. The second kappa shape index (κ2) is 8.15. The lowest BCUT2D eigenvalue weighted by atomic mass is 10.1. The second-order valence-electron chi connectivity index (χ2n) is 4.59. The first kappa shape index (κ1) is 16.0. The van der Waals surface area contributed by atoms with Gasteiger partial charge in [0.1, 0.15) is 0 Å². The van der Waals surface area contributed by atoms with Crippen molar-refractivity contribution < 1.29 is 14.3 Å². The van der Waals surface area contributed by atoms with Crippen LogP contribution >= 0.6 is 0 Å². The Balaban J connectivity index is 2.40. The number of amides is 1. The Hall–Kier alpha value is -2.10. The van der Waals surface area contributed by atoms with Crippen LogP contribution in [0.2, 0.25) is 0 Å². The molecule has 1 amide bonds. The van der Waals surface area contributed by atoms with E-state index in [9.17, 15) is 9.59 Å². The quantitative estimate of drug-likeness (QED) is 0.641. The first-order valence-corrected chi connectivity index (χ1v) is 6.73.